The maximum atomic E-state index is 12.3. The van der Waals surface area contributed by atoms with Crippen LogP contribution in [0.1, 0.15) is 11.1 Å². The van der Waals surface area contributed by atoms with Crippen LogP contribution in [-0.2, 0) is 6.54 Å². The van der Waals surface area contributed by atoms with Gasteiger partial charge in [0, 0.05) is 17.0 Å². The van der Waals surface area contributed by atoms with Crippen molar-refractivity contribution in [3.63, 3.8) is 0 Å². The number of ether oxygens (including phenoxy) is 2. The largest absolute Gasteiger partial charge is 0.493 e. The van der Waals surface area contributed by atoms with Crippen molar-refractivity contribution >= 4 is 34.5 Å². The van der Waals surface area contributed by atoms with Gasteiger partial charge in [0.15, 0.2) is 11.5 Å². The quantitative estimate of drug-likeness (QED) is 0.762. The lowest BCUT2D eigenvalue weighted by Crippen LogP contribution is -2.29. The molecule has 2 amide bonds. The van der Waals surface area contributed by atoms with Crippen molar-refractivity contribution in [2.24, 2.45) is 5.10 Å². The first-order valence-electron chi connectivity index (χ1n) is 8.33. The zero-order valence-electron chi connectivity index (χ0n) is 15.3. The molecule has 1 aliphatic rings. The van der Waals surface area contributed by atoms with Crippen LogP contribution in [0.2, 0.25) is 0 Å². The van der Waals surface area contributed by atoms with E-state index in [4.69, 9.17) is 14.6 Å². The third kappa shape index (κ3) is 4.55. The number of carboxylic acid groups (broad SMARTS) is 1. The molecule has 0 unspecified atom stereocenters. The van der Waals surface area contributed by atoms with Crippen LogP contribution < -0.4 is 14.8 Å². The molecule has 0 fully saturated rings. The minimum Gasteiger partial charge on any atom is -0.493 e. The zero-order chi connectivity index (χ0) is 20.1. The number of nitrogens with one attached hydrogen (secondary N) is 1. The SMILES string of the molecule is COc1ccc(C2=NN(Cc3ccc(NC(=O)O)cc3)C(=O)SC2)cc1OC. The van der Waals surface area contributed by atoms with Gasteiger partial charge in [-0.05, 0) is 35.9 Å². The summed E-state index contributed by atoms with van der Waals surface area (Å²) in [5.41, 5.74) is 2.91. The average molecular weight is 401 g/mol. The molecule has 0 aliphatic carbocycles. The Balaban J connectivity index is 1.79. The summed E-state index contributed by atoms with van der Waals surface area (Å²) in [5.74, 6) is 1.68. The van der Waals surface area contributed by atoms with Gasteiger partial charge in [-0.1, -0.05) is 23.9 Å². The molecule has 1 aliphatic heterocycles. The number of amides is 2. The highest BCUT2D eigenvalue weighted by Crippen LogP contribution is 2.30. The first-order valence-corrected chi connectivity index (χ1v) is 9.31. The maximum absolute atomic E-state index is 12.3. The van der Waals surface area contributed by atoms with Crippen molar-refractivity contribution in [1.82, 2.24) is 5.01 Å². The Labute approximate surface area is 166 Å². The number of hydrogen-bond acceptors (Lipinski definition) is 6. The molecule has 146 valence electrons. The van der Waals surface area contributed by atoms with Gasteiger partial charge in [0.2, 0.25) is 0 Å². The van der Waals surface area contributed by atoms with Crippen LogP contribution in [0.3, 0.4) is 0 Å². The molecule has 2 aromatic rings. The molecule has 2 aromatic carbocycles. The van der Waals surface area contributed by atoms with Crippen LogP contribution in [0.25, 0.3) is 0 Å². The summed E-state index contributed by atoms with van der Waals surface area (Å²) >= 11 is 1.18. The van der Waals surface area contributed by atoms with E-state index in [0.717, 1.165) is 16.8 Å². The van der Waals surface area contributed by atoms with E-state index in [0.29, 0.717) is 22.9 Å². The number of nitrogens with zero attached hydrogens (tertiary/aromatic N) is 2. The molecule has 2 N–H and O–H groups in total. The van der Waals surface area contributed by atoms with Crippen molar-refractivity contribution < 1.29 is 24.2 Å². The number of anilines is 1. The predicted octanol–water partition coefficient (Wildman–Crippen LogP) is 3.87. The fraction of sp³-hybridized carbons (Fsp3) is 0.211. The van der Waals surface area contributed by atoms with E-state index in [1.54, 1.807) is 44.6 Å². The van der Waals surface area contributed by atoms with Gasteiger partial charge in [-0.2, -0.15) is 5.10 Å². The van der Waals surface area contributed by atoms with Gasteiger partial charge in [-0.3, -0.25) is 10.1 Å². The Bertz CT molecular complexity index is 914. The second kappa shape index (κ2) is 8.66. The third-order valence-electron chi connectivity index (χ3n) is 4.04. The molecule has 0 spiro atoms. The summed E-state index contributed by atoms with van der Waals surface area (Å²) < 4.78 is 10.6. The Morgan fingerprint density at radius 1 is 1.18 bits per heavy atom. The minimum atomic E-state index is -1.13. The van der Waals surface area contributed by atoms with E-state index in [1.165, 1.54) is 16.8 Å². The lowest BCUT2D eigenvalue weighted by atomic mass is 10.1. The van der Waals surface area contributed by atoms with Gasteiger partial charge < -0.3 is 14.6 Å². The topological polar surface area (TPSA) is 100 Å². The molecule has 0 bridgehead atoms. The number of hydrazone groups is 1. The second-order valence-corrected chi connectivity index (χ2v) is 6.78. The molecule has 9 heteroatoms. The first-order chi connectivity index (χ1) is 13.5. The molecule has 3 rings (SSSR count). The van der Waals surface area contributed by atoms with Crippen molar-refractivity contribution in [3.8, 4) is 11.5 Å². The van der Waals surface area contributed by atoms with Crippen molar-refractivity contribution in [2.45, 2.75) is 6.54 Å². The molecule has 0 radical (unpaired) electrons. The normalized spacial score (nSPS) is 13.7. The zero-order valence-corrected chi connectivity index (χ0v) is 16.2. The third-order valence-corrected chi connectivity index (χ3v) is 4.91. The van der Waals surface area contributed by atoms with Gasteiger partial charge in [-0.15, -0.1) is 0 Å². The minimum absolute atomic E-state index is 0.142. The summed E-state index contributed by atoms with van der Waals surface area (Å²) in [6.45, 7) is 0.288. The highest BCUT2D eigenvalue weighted by Gasteiger charge is 2.23. The van der Waals surface area contributed by atoms with Crippen molar-refractivity contribution in [3.05, 3.63) is 53.6 Å². The molecular formula is C19H19N3O5S. The number of rotatable bonds is 6. The van der Waals surface area contributed by atoms with E-state index < -0.39 is 6.09 Å². The summed E-state index contributed by atoms with van der Waals surface area (Å²) in [7, 11) is 3.14. The molecule has 0 atom stereocenters. The van der Waals surface area contributed by atoms with Crippen LogP contribution in [0.15, 0.2) is 47.6 Å². The number of benzene rings is 2. The van der Waals surface area contributed by atoms with Crippen LogP contribution in [0.4, 0.5) is 15.3 Å². The van der Waals surface area contributed by atoms with Crippen LogP contribution in [0, 0.1) is 0 Å². The summed E-state index contributed by atoms with van der Waals surface area (Å²) in [6.07, 6.45) is -1.13. The molecule has 1 heterocycles. The van der Waals surface area contributed by atoms with Crippen molar-refractivity contribution in [2.75, 3.05) is 25.3 Å². The van der Waals surface area contributed by atoms with Gasteiger partial charge in [-0.25, -0.2) is 9.80 Å². The summed E-state index contributed by atoms with van der Waals surface area (Å²) in [4.78, 5) is 22.9. The second-order valence-electron chi connectivity index (χ2n) is 5.86. The van der Waals surface area contributed by atoms with Gasteiger partial charge in [0.25, 0.3) is 0 Å². The Morgan fingerprint density at radius 2 is 1.89 bits per heavy atom. The summed E-state index contributed by atoms with van der Waals surface area (Å²) in [6, 6.07) is 12.3. The molecule has 8 nitrogen and oxygen atoms in total. The molecule has 0 aromatic heterocycles. The number of hydrogen-bond donors (Lipinski definition) is 2. The van der Waals surface area contributed by atoms with Gasteiger partial charge in [0.1, 0.15) is 0 Å². The molecule has 0 saturated carbocycles. The first kappa shape index (κ1) is 19.6. The van der Waals surface area contributed by atoms with E-state index in [1.807, 2.05) is 12.1 Å². The number of carbonyl (C=O) groups excluding carboxylic acids is 1. The van der Waals surface area contributed by atoms with E-state index in [2.05, 4.69) is 10.4 Å². The lowest BCUT2D eigenvalue weighted by molar-refractivity contribution is 0.209. The monoisotopic (exact) mass is 401 g/mol. The lowest BCUT2D eigenvalue weighted by Gasteiger charge is -2.23. The Hall–Kier alpha value is -3.20. The smallest absolute Gasteiger partial charge is 0.409 e. The standard InChI is InChI=1S/C19H19N3O5S/c1-26-16-8-5-13(9-17(16)27-2)15-11-28-19(25)22(21-15)10-12-3-6-14(7-4-12)20-18(23)24/h3-9,20H,10-11H2,1-2H3,(H,23,24). The van der Waals surface area contributed by atoms with Crippen LogP contribution in [0.5, 0.6) is 11.5 Å². The highest BCUT2D eigenvalue weighted by molar-refractivity contribution is 8.14. The van der Waals surface area contributed by atoms with Crippen LogP contribution >= 0.6 is 11.8 Å². The maximum Gasteiger partial charge on any atom is 0.409 e. The average Bonchev–Trinajstić information content (AvgIpc) is 2.70. The fourth-order valence-corrected chi connectivity index (χ4v) is 3.41. The molecule has 28 heavy (non-hydrogen) atoms. The van der Waals surface area contributed by atoms with E-state index in [9.17, 15) is 9.59 Å². The van der Waals surface area contributed by atoms with E-state index in [-0.39, 0.29) is 11.8 Å². The Kier molecular flexibility index (Phi) is 6.05. The number of carbonyl (C=O) groups is 2. The fourth-order valence-electron chi connectivity index (χ4n) is 2.67. The molecule has 0 saturated heterocycles. The number of methoxy groups -OCH3 is 2. The summed E-state index contributed by atoms with van der Waals surface area (Å²) in [5, 5.41) is 16.8. The highest BCUT2D eigenvalue weighted by atomic mass is 32.2. The number of thioether (sulfide) groups is 1. The molecular weight excluding hydrogens is 382 g/mol. The van der Waals surface area contributed by atoms with Gasteiger partial charge in [0.05, 0.1) is 26.5 Å². The van der Waals surface area contributed by atoms with Gasteiger partial charge >= 0.3 is 11.3 Å². The van der Waals surface area contributed by atoms with Crippen LogP contribution in [-0.4, -0.2) is 47.1 Å². The van der Waals surface area contributed by atoms with E-state index >= 15 is 0 Å². The van der Waals surface area contributed by atoms with Crippen molar-refractivity contribution in [1.29, 1.82) is 0 Å². The predicted molar refractivity (Wildman–Crippen MR) is 108 cm³/mol. The Morgan fingerprint density at radius 3 is 2.54 bits per heavy atom.